The molecule has 0 saturated heterocycles. The van der Waals surface area contributed by atoms with Crippen LogP contribution in [0.25, 0.3) is 0 Å². The number of carbonyl (C=O) groups is 1. The maximum absolute atomic E-state index is 12.2. The molecular weight excluding hydrogens is 334 g/mol. The first kappa shape index (κ1) is 13.5. The molecule has 4 nitrogen and oxygen atoms in total. The first-order valence-electron chi connectivity index (χ1n) is 5.18. The Balaban J connectivity index is 2.11. The summed E-state index contributed by atoms with van der Waals surface area (Å²) < 4.78 is 1.07. The van der Waals surface area contributed by atoms with Gasteiger partial charge >= 0.3 is 0 Å². The van der Waals surface area contributed by atoms with Gasteiger partial charge in [-0.25, -0.2) is 4.98 Å². The molecular formula is C11H12BrN3OS2. The van der Waals surface area contributed by atoms with Crippen molar-refractivity contribution in [2.45, 2.75) is 13.5 Å². The van der Waals surface area contributed by atoms with Gasteiger partial charge < -0.3 is 10.6 Å². The molecule has 18 heavy (non-hydrogen) atoms. The summed E-state index contributed by atoms with van der Waals surface area (Å²) in [7, 11) is 1.78. The molecule has 0 aliphatic carbocycles. The van der Waals surface area contributed by atoms with E-state index in [2.05, 4.69) is 20.9 Å². The SMILES string of the molecule is Cc1nc(N)sc1C(=O)N(C)Cc1csc(Br)c1. The Morgan fingerprint density at radius 2 is 2.33 bits per heavy atom. The molecule has 0 aliphatic heterocycles. The lowest BCUT2D eigenvalue weighted by Crippen LogP contribution is -2.25. The summed E-state index contributed by atoms with van der Waals surface area (Å²) in [6.45, 7) is 2.38. The highest BCUT2D eigenvalue weighted by molar-refractivity contribution is 9.11. The van der Waals surface area contributed by atoms with E-state index in [0.29, 0.717) is 22.2 Å². The average Bonchev–Trinajstić information content (AvgIpc) is 2.84. The average molecular weight is 346 g/mol. The Hall–Kier alpha value is -0.920. The van der Waals surface area contributed by atoms with E-state index in [4.69, 9.17) is 5.73 Å². The second-order valence-electron chi connectivity index (χ2n) is 3.89. The van der Waals surface area contributed by atoms with Gasteiger partial charge in [0, 0.05) is 13.6 Å². The van der Waals surface area contributed by atoms with Gasteiger partial charge in [0.05, 0.1) is 9.48 Å². The fourth-order valence-corrected chi connectivity index (χ4v) is 3.59. The molecule has 0 fully saturated rings. The summed E-state index contributed by atoms with van der Waals surface area (Å²) >= 11 is 6.26. The molecule has 0 unspecified atom stereocenters. The van der Waals surface area contributed by atoms with Crippen molar-refractivity contribution in [3.05, 3.63) is 31.4 Å². The first-order chi connectivity index (χ1) is 8.47. The van der Waals surface area contributed by atoms with E-state index < -0.39 is 0 Å². The molecule has 2 heterocycles. The highest BCUT2D eigenvalue weighted by Crippen LogP contribution is 2.24. The van der Waals surface area contributed by atoms with E-state index in [1.807, 2.05) is 11.4 Å². The van der Waals surface area contributed by atoms with E-state index in [1.54, 1.807) is 30.2 Å². The quantitative estimate of drug-likeness (QED) is 0.929. The summed E-state index contributed by atoms with van der Waals surface area (Å²) in [6.07, 6.45) is 0. The summed E-state index contributed by atoms with van der Waals surface area (Å²) in [4.78, 5) is 18.6. The molecule has 2 N–H and O–H groups in total. The summed E-state index contributed by atoms with van der Waals surface area (Å²) in [5.74, 6) is -0.0379. The molecule has 7 heteroatoms. The van der Waals surface area contributed by atoms with Crippen molar-refractivity contribution in [1.82, 2.24) is 9.88 Å². The third kappa shape index (κ3) is 2.90. The molecule has 0 aliphatic rings. The zero-order valence-corrected chi connectivity index (χ0v) is 13.2. The Labute approximate surface area is 122 Å². The number of halogens is 1. The molecule has 0 spiro atoms. The van der Waals surface area contributed by atoms with Gasteiger partial charge in [-0.15, -0.1) is 11.3 Å². The normalized spacial score (nSPS) is 10.6. The van der Waals surface area contributed by atoms with Crippen LogP contribution in [0.1, 0.15) is 20.9 Å². The van der Waals surface area contributed by atoms with Crippen LogP contribution in [0.4, 0.5) is 5.13 Å². The van der Waals surface area contributed by atoms with Crippen molar-refractivity contribution in [2.24, 2.45) is 0 Å². The zero-order chi connectivity index (χ0) is 13.3. The van der Waals surface area contributed by atoms with Crippen LogP contribution in [-0.4, -0.2) is 22.8 Å². The van der Waals surface area contributed by atoms with Crippen molar-refractivity contribution in [1.29, 1.82) is 0 Å². The van der Waals surface area contributed by atoms with Crippen LogP contribution in [-0.2, 0) is 6.54 Å². The summed E-state index contributed by atoms with van der Waals surface area (Å²) in [5.41, 5.74) is 7.41. The number of aryl methyl sites for hydroxylation is 1. The summed E-state index contributed by atoms with van der Waals surface area (Å²) in [6, 6.07) is 2.02. The van der Waals surface area contributed by atoms with Gasteiger partial charge in [-0.1, -0.05) is 11.3 Å². The van der Waals surface area contributed by atoms with E-state index in [-0.39, 0.29) is 5.91 Å². The predicted molar refractivity (Wildman–Crippen MR) is 79.1 cm³/mol. The van der Waals surface area contributed by atoms with E-state index in [9.17, 15) is 4.79 Å². The van der Waals surface area contributed by atoms with Crippen LogP contribution in [0.15, 0.2) is 15.2 Å². The lowest BCUT2D eigenvalue weighted by molar-refractivity contribution is 0.0789. The minimum atomic E-state index is -0.0379. The maximum atomic E-state index is 12.2. The van der Waals surface area contributed by atoms with E-state index >= 15 is 0 Å². The molecule has 2 aromatic rings. The molecule has 0 saturated carbocycles. The molecule has 0 atom stereocenters. The third-order valence-electron chi connectivity index (χ3n) is 2.40. The lowest BCUT2D eigenvalue weighted by Gasteiger charge is -2.15. The molecule has 96 valence electrons. The summed E-state index contributed by atoms with van der Waals surface area (Å²) in [5, 5.41) is 2.46. The third-order valence-corrected chi connectivity index (χ3v) is 4.92. The van der Waals surface area contributed by atoms with Gasteiger partial charge in [-0.05, 0) is 39.9 Å². The van der Waals surface area contributed by atoms with Crippen molar-refractivity contribution in [3.8, 4) is 0 Å². The van der Waals surface area contributed by atoms with Gasteiger partial charge in [-0.3, -0.25) is 4.79 Å². The number of nitrogen functional groups attached to an aromatic ring is 1. The number of hydrogen-bond donors (Lipinski definition) is 1. The van der Waals surface area contributed by atoms with Crippen LogP contribution in [0, 0.1) is 6.92 Å². The van der Waals surface area contributed by atoms with Gasteiger partial charge in [0.25, 0.3) is 5.91 Å². The number of thiophene rings is 1. The fraction of sp³-hybridized carbons (Fsp3) is 0.273. The number of hydrogen-bond acceptors (Lipinski definition) is 5. The molecule has 0 radical (unpaired) electrons. The van der Waals surface area contributed by atoms with Crippen LogP contribution >= 0.6 is 38.6 Å². The minimum Gasteiger partial charge on any atom is -0.375 e. The van der Waals surface area contributed by atoms with Crippen molar-refractivity contribution in [2.75, 3.05) is 12.8 Å². The topological polar surface area (TPSA) is 59.2 Å². The van der Waals surface area contributed by atoms with Crippen LogP contribution in [0.5, 0.6) is 0 Å². The van der Waals surface area contributed by atoms with Gasteiger partial charge in [0.15, 0.2) is 5.13 Å². The maximum Gasteiger partial charge on any atom is 0.265 e. The number of amides is 1. The number of nitrogens with zero attached hydrogens (tertiary/aromatic N) is 2. The van der Waals surface area contributed by atoms with Crippen molar-refractivity contribution in [3.63, 3.8) is 0 Å². The number of nitrogens with two attached hydrogens (primary N) is 1. The number of aromatic nitrogens is 1. The zero-order valence-electron chi connectivity index (χ0n) is 9.94. The second kappa shape index (κ2) is 5.38. The Morgan fingerprint density at radius 1 is 1.61 bits per heavy atom. The predicted octanol–water partition coefficient (Wildman–Crippen LogP) is 3.13. The smallest absolute Gasteiger partial charge is 0.265 e. The number of thiazole rings is 1. The highest BCUT2D eigenvalue weighted by atomic mass is 79.9. The Morgan fingerprint density at radius 3 is 2.83 bits per heavy atom. The van der Waals surface area contributed by atoms with Gasteiger partial charge in [0.1, 0.15) is 4.88 Å². The molecule has 0 bridgehead atoms. The van der Waals surface area contributed by atoms with Crippen LogP contribution in [0.2, 0.25) is 0 Å². The monoisotopic (exact) mass is 345 g/mol. The lowest BCUT2D eigenvalue weighted by atomic mass is 10.3. The van der Waals surface area contributed by atoms with Crippen molar-refractivity contribution < 1.29 is 4.79 Å². The molecule has 2 aromatic heterocycles. The van der Waals surface area contributed by atoms with Crippen molar-refractivity contribution >= 4 is 49.6 Å². The Bertz CT molecular complexity index is 579. The van der Waals surface area contributed by atoms with Crippen LogP contribution in [0.3, 0.4) is 0 Å². The standard InChI is InChI=1S/C11H12BrN3OS2/c1-6-9(18-11(13)14-6)10(16)15(2)4-7-3-8(12)17-5-7/h3,5H,4H2,1-2H3,(H2,13,14). The number of carbonyl (C=O) groups excluding carboxylic acids is 1. The second-order valence-corrected chi connectivity index (χ2v) is 7.21. The fourth-order valence-electron chi connectivity index (χ4n) is 1.56. The molecule has 2 rings (SSSR count). The molecule has 1 amide bonds. The van der Waals surface area contributed by atoms with E-state index in [1.165, 1.54) is 11.3 Å². The minimum absolute atomic E-state index is 0.0379. The van der Waals surface area contributed by atoms with E-state index in [0.717, 1.165) is 9.35 Å². The highest BCUT2D eigenvalue weighted by Gasteiger charge is 2.18. The number of anilines is 1. The van der Waals surface area contributed by atoms with Crippen LogP contribution < -0.4 is 5.73 Å². The molecule has 0 aromatic carbocycles. The Kier molecular flexibility index (Phi) is 4.04. The van der Waals surface area contributed by atoms with Gasteiger partial charge in [-0.2, -0.15) is 0 Å². The largest absolute Gasteiger partial charge is 0.375 e. The van der Waals surface area contributed by atoms with Gasteiger partial charge in [0.2, 0.25) is 0 Å². The first-order valence-corrected chi connectivity index (χ1v) is 7.67. The number of rotatable bonds is 3.